The molecule has 6 nitrogen and oxygen atoms in total. The minimum Gasteiger partial charge on any atom is -0.508 e. The second-order valence-electron chi connectivity index (χ2n) is 8.20. The van der Waals surface area contributed by atoms with Crippen molar-refractivity contribution in [3.63, 3.8) is 0 Å². The molecule has 0 bridgehead atoms. The molecule has 0 atom stereocenters. The zero-order chi connectivity index (χ0) is 21.3. The minimum atomic E-state index is -0.367. The largest absolute Gasteiger partial charge is 0.508 e. The van der Waals surface area contributed by atoms with E-state index in [1.165, 1.54) is 0 Å². The minimum absolute atomic E-state index is 0.131. The lowest BCUT2D eigenvalue weighted by Crippen LogP contribution is -2.21. The zero-order valence-electron chi connectivity index (χ0n) is 17.2. The van der Waals surface area contributed by atoms with E-state index in [9.17, 15) is 9.90 Å². The predicted octanol–water partition coefficient (Wildman–Crippen LogP) is 5.67. The maximum atomic E-state index is 12.8. The number of carbonyl (C=O) groups excluding carboxylic acids is 1. The molecule has 1 heterocycles. The molecule has 4 aromatic rings. The third-order valence-electron chi connectivity index (χ3n) is 4.83. The van der Waals surface area contributed by atoms with Gasteiger partial charge in [-0.25, -0.2) is 9.48 Å². The Kier molecular flexibility index (Phi) is 4.91. The molecule has 4 rings (SSSR count). The van der Waals surface area contributed by atoms with E-state index in [2.05, 4.69) is 36.5 Å². The van der Waals surface area contributed by atoms with Gasteiger partial charge in [-0.2, -0.15) is 5.10 Å². The van der Waals surface area contributed by atoms with Crippen LogP contribution in [0.1, 0.15) is 26.5 Å². The van der Waals surface area contributed by atoms with Crippen LogP contribution in [-0.4, -0.2) is 20.9 Å². The Labute approximate surface area is 175 Å². The fourth-order valence-corrected chi connectivity index (χ4v) is 3.26. The standard InChI is InChI=1S/C24H24N4O2/c1-24(2,3)21-15-22(28(27-21)17-10-7-11-18(29)14-17)26-23(30)25-20-13-6-9-16-8-4-5-12-19(16)20/h4-15,29H,1-3H3,(H2,25,26,30). The van der Waals surface area contributed by atoms with E-state index >= 15 is 0 Å². The first-order valence-corrected chi connectivity index (χ1v) is 9.77. The van der Waals surface area contributed by atoms with Crippen LogP contribution in [0.4, 0.5) is 16.3 Å². The lowest BCUT2D eigenvalue weighted by molar-refractivity contribution is 0.262. The number of anilines is 2. The van der Waals surface area contributed by atoms with Crippen LogP contribution in [0.15, 0.2) is 72.8 Å². The molecule has 0 fully saturated rings. The number of aromatic nitrogens is 2. The number of fused-ring (bicyclic) bond motifs is 1. The number of amides is 2. The number of nitrogens with zero attached hydrogens (tertiary/aromatic N) is 2. The van der Waals surface area contributed by atoms with Crippen LogP contribution in [-0.2, 0) is 5.41 Å². The van der Waals surface area contributed by atoms with Gasteiger partial charge in [0.25, 0.3) is 0 Å². The molecule has 152 valence electrons. The van der Waals surface area contributed by atoms with Crippen molar-refractivity contribution >= 4 is 28.3 Å². The summed E-state index contributed by atoms with van der Waals surface area (Å²) >= 11 is 0. The molecule has 0 aliphatic rings. The van der Waals surface area contributed by atoms with E-state index in [-0.39, 0.29) is 17.2 Å². The van der Waals surface area contributed by atoms with Gasteiger partial charge in [0.05, 0.1) is 17.1 Å². The molecule has 0 unspecified atom stereocenters. The monoisotopic (exact) mass is 400 g/mol. The first kappa shape index (κ1) is 19.5. The summed E-state index contributed by atoms with van der Waals surface area (Å²) in [5.74, 6) is 0.648. The molecule has 0 saturated carbocycles. The SMILES string of the molecule is CC(C)(C)c1cc(NC(=O)Nc2cccc3ccccc23)n(-c2cccc(O)c2)n1. The fourth-order valence-electron chi connectivity index (χ4n) is 3.26. The number of aromatic hydroxyl groups is 1. The van der Waals surface area contributed by atoms with Gasteiger partial charge >= 0.3 is 6.03 Å². The number of benzene rings is 3. The fraction of sp³-hybridized carbons (Fsp3) is 0.167. The Morgan fingerprint density at radius 1 is 0.933 bits per heavy atom. The maximum Gasteiger partial charge on any atom is 0.324 e. The van der Waals surface area contributed by atoms with Gasteiger partial charge in [-0.05, 0) is 23.6 Å². The molecule has 6 heteroatoms. The second kappa shape index (κ2) is 7.55. The summed E-state index contributed by atoms with van der Waals surface area (Å²) in [6.45, 7) is 6.17. The van der Waals surface area contributed by atoms with Gasteiger partial charge < -0.3 is 10.4 Å². The molecule has 2 amide bonds. The summed E-state index contributed by atoms with van der Waals surface area (Å²) < 4.78 is 1.63. The third-order valence-corrected chi connectivity index (χ3v) is 4.83. The normalized spacial score (nSPS) is 11.4. The molecule has 3 aromatic carbocycles. The smallest absolute Gasteiger partial charge is 0.324 e. The molecule has 3 N–H and O–H groups in total. The number of hydrogen-bond donors (Lipinski definition) is 3. The van der Waals surface area contributed by atoms with E-state index < -0.39 is 0 Å². The van der Waals surface area contributed by atoms with E-state index in [4.69, 9.17) is 0 Å². The number of phenols is 1. The molecular formula is C24H24N4O2. The third kappa shape index (κ3) is 3.98. The topological polar surface area (TPSA) is 79.2 Å². The number of hydrogen-bond acceptors (Lipinski definition) is 3. The Bertz CT molecular complexity index is 1220. The van der Waals surface area contributed by atoms with Gasteiger partial charge in [0.2, 0.25) is 0 Å². The summed E-state index contributed by atoms with van der Waals surface area (Å²) in [7, 11) is 0. The Hall–Kier alpha value is -3.80. The van der Waals surface area contributed by atoms with Crippen LogP contribution in [0.2, 0.25) is 0 Å². The molecule has 0 saturated heterocycles. The number of rotatable bonds is 3. The Morgan fingerprint density at radius 2 is 1.67 bits per heavy atom. The van der Waals surface area contributed by atoms with Crippen molar-refractivity contribution in [2.75, 3.05) is 10.6 Å². The molecular weight excluding hydrogens is 376 g/mol. The summed E-state index contributed by atoms with van der Waals surface area (Å²) in [4.78, 5) is 12.8. The van der Waals surface area contributed by atoms with E-state index in [0.717, 1.165) is 22.2 Å². The summed E-state index contributed by atoms with van der Waals surface area (Å²) in [6, 6.07) is 21.9. The summed E-state index contributed by atoms with van der Waals surface area (Å²) in [5.41, 5.74) is 2.01. The van der Waals surface area contributed by atoms with Crippen LogP contribution in [0.3, 0.4) is 0 Å². The van der Waals surface area contributed by atoms with E-state index in [1.54, 1.807) is 22.9 Å². The molecule has 0 spiro atoms. The van der Waals surface area contributed by atoms with E-state index in [0.29, 0.717) is 11.5 Å². The average molecular weight is 400 g/mol. The molecule has 30 heavy (non-hydrogen) atoms. The number of nitrogens with one attached hydrogen (secondary N) is 2. The van der Waals surface area contributed by atoms with Crippen LogP contribution >= 0.6 is 0 Å². The number of urea groups is 1. The zero-order valence-corrected chi connectivity index (χ0v) is 17.2. The lowest BCUT2D eigenvalue weighted by Gasteiger charge is -2.14. The Balaban J connectivity index is 1.66. The van der Waals surface area contributed by atoms with Gasteiger partial charge in [-0.15, -0.1) is 0 Å². The highest BCUT2D eigenvalue weighted by Gasteiger charge is 2.21. The van der Waals surface area contributed by atoms with Gasteiger partial charge in [0.15, 0.2) is 0 Å². The highest BCUT2D eigenvalue weighted by molar-refractivity contribution is 6.06. The van der Waals surface area contributed by atoms with Crippen molar-refractivity contribution in [1.29, 1.82) is 0 Å². The molecule has 0 aliphatic carbocycles. The first-order chi connectivity index (χ1) is 14.3. The van der Waals surface area contributed by atoms with Crippen molar-refractivity contribution < 1.29 is 9.90 Å². The second-order valence-corrected chi connectivity index (χ2v) is 8.20. The summed E-state index contributed by atoms with van der Waals surface area (Å²) in [6.07, 6.45) is 0. The van der Waals surface area contributed by atoms with Crippen LogP contribution < -0.4 is 10.6 Å². The van der Waals surface area contributed by atoms with Gasteiger partial charge in [-0.1, -0.05) is 63.2 Å². The van der Waals surface area contributed by atoms with Gasteiger partial charge in [0.1, 0.15) is 11.6 Å². The maximum absolute atomic E-state index is 12.8. The molecule has 0 aliphatic heterocycles. The number of carbonyl (C=O) groups is 1. The van der Waals surface area contributed by atoms with Gasteiger partial charge in [-0.3, -0.25) is 5.32 Å². The van der Waals surface area contributed by atoms with Crippen molar-refractivity contribution in [1.82, 2.24) is 9.78 Å². The highest BCUT2D eigenvalue weighted by Crippen LogP contribution is 2.28. The summed E-state index contributed by atoms with van der Waals surface area (Å²) in [5, 5.41) is 22.4. The van der Waals surface area contributed by atoms with Crippen molar-refractivity contribution in [3.05, 3.63) is 78.5 Å². The number of phenolic OH excluding ortho intramolecular Hbond substituents is 1. The predicted molar refractivity (Wildman–Crippen MR) is 121 cm³/mol. The van der Waals surface area contributed by atoms with Crippen LogP contribution in [0.25, 0.3) is 16.5 Å². The van der Waals surface area contributed by atoms with Crippen LogP contribution in [0.5, 0.6) is 5.75 Å². The Morgan fingerprint density at radius 3 is 2.43 bits per heavy atom. The van der Waals surface area contributed by atoms with E-state index in [1.807, 2.05) is 54.6 Å². The van der Waals surface area contributed by atoms with Crippen molar-refractivity contribution in [2.24, 2.45) is 0 Å². The van der Waals surface area contributed by atoms with Crippen LogP contribution in [0, 0.1) is 0 Å². The lowest BCUT2D eigenvalue weighted by atomic mass is 9.92. The first-order valence-electron chi connectivity index (χ1n) is 9.77. The quantitative estimate of drug-likeness (QED) is 0.414. The molecule has 0 radical (unpaired) electrons. The van der Waals surface area contributed by atoms with Crippen molar-refractivity contribution in [3.8, 4) is 11.4 Å². The van der Waals surface area contributed by atoms with Gasteiger partial charge in [0, 0.05) is 22.9 Å². The highest BCUT2D eigenvalue weighted by atomic mass is 16.3. The van der Waals surface area contributed by atoms with Crippen molar-refractivity contribution in [2.45, 2.75) is 26.2 Å². The molecule has 1 aromatic heterocycles. The average Bonchev–Trinajstić information content (AvgIpc) is 3.12.